The zero-order valence-corrected chi connectivity index (χ0v) is 13.1. The van der Waals surface area contributed by atoms with E-state index in [1.807, 2.05) is 11.3 Å². The highest BCUT2D eigenvalue weighted by Crippen LogP contribution is 2.19. The summed E-state index contributed by atoms with van der Waals surface area (Å²) in [5.41, 5.74) is 2.79. The molecule has 1 heterocycles. The smallest absolute Gasteiger partial charge is 0.0186 e. The molecule has 0 saturated heterocycles. The summed E-state index contributed by atoms with van der Waals surface area (Å²) in [6.45, 7) is 2.16. The maximum atomic E-state index is 3.81. The van der Waals surface area contributed by atoms with Crippen LogP contribution in [-0.4, -0.2) is 4.83 Å². The van der Waals surface area contributed by atoms with Crippen molar-refractivity contribution in [3.8, 4) is 0 Å². The van der Waals surface area contributed by atoms with E-state index in [0.29, 0.717) is 4.83 Å². The molecular formula is C16H19BrS. The number of rotatable bonds is 6. The molecule has 0 fully saturated rings. The fraction of sp³-hybridized carbons (Fsp3) is 0.375. The van der Waals surface area contributed by atoms with Crippen LogP contribution in [0.5, 0.6) is 0 Å². The van der Waals surface area contributed by atoms with Crippen LogP contribution in [0.15, 0.2) is 41.8 Å². The first-order chi connectivity index (χ1) is 8.74. The molecule has 2 aromatic rings. The summed E-state index contributed by atoms with van der Waals surface area (Å²) < 4.78 is 0. The van der Waals surface area contributed by atoms with Crippen molar-refractivity contribution in [3.63, 3.8) is 0 Å². The van der Waals surface area contributed by atoms with E-state index in [1.165, 1.54) is 35.3 Å². The zero-order chi connectivity index (χ0) is 12.8. The fourth-order valence-electron chi connectivity index (χ4n) is 2.15. The van der Waals surface area contributed by atoms with Crippen molar-refractivity contribution in [1.29, 1.82) is 0 Å². The van der Waals surface area contributed by atoms with Gasteiger partial charge in [-0.3, -0.25) is 0 Å². The molecule has 1 aromatic heterocycles. The number of halogens is 1. The van der Waals surface area contributed by atoms with Gasteiger partial charge in [-0.1, -0.05) is 51.8 Å². The summed E-state index contributed by atoms with van der Waals surface area (Å²) in [6, 6.07) is 13.2. The Morgan fingerprint density at radius 3 is 2.83 bits per heavy atom. The van der Waals surface area contributed by atoms with Gasteiger partial charge in [0.25, 0.3) is 0 Å². The van der Waals surface area contributed by atoms with E-state index in [1.54, 1.807) is 0 Å². The van der Waals surface area contributed by atoms with Crippen molar-refractivity contribution >= 4 is 27.3 Å². The van der Waals surface area contributed by atoms with E-state index < -0.39 is 0 Å². The summed E-state index contributed by atoms with van der Waals surface area (Å²) in [5.74, 6) is 0. The summed E-state index contributed by atoms with van der Waals surface area (Å²) in [6.07, 6.45) is 4.85. The SMILES string of the molecule is Cc1cccc(CC(Br)CCCc2cccs2)c1. The van der Waals surface area contributed by atoms with Gasteiger partial charge in [-0.25, -0.2) is 0 Å². The number of thiophene rings is 1. The molecule has 1 atom stereocenters. The Hall–Kier alpha value is -0.600. The van der Waals surface area contributed by atoms with E-state index in [9.17, 15) is 0 Å². The third kappa shape index (κ3) is 4.58. The lowest BCUT2D eigenvalue weighted by Crippen LogP contribution is -2.03. The molecule has 0 aliphatic heterocycles. The van der Waals surface area contributed by atoms with Gasteiger partial charge in [0.2, 0.25) is 0 Å². The van der Waals surface area contributed by atoms with Crippen LogP contribution < -0.4 is 0 Å². The Labute approximate surface area is 122 Å². The Morgan fingerprint density at radius 2 is 2.11 bits per heavy atom. The summed E-state index contributed by atoms with van der Waals surface area (Å²) >= 11 is 5.67. The minimum atomic E-state index is 0.597. The molecule has 0 amide bonds. The second-order valence-electron chi connectivity index (χ2n) is 4.76. The molecule has 0 aliphatic rings. The first kappa shape index (κ1) is 13.8. The molecule has 0 bridgehead atoms. The topological polar surface area (TPSA) is 0 Å². The van der Waals surface area contributed by atoms with Gasteiger partial charge in [0.1, 0.15) is 0 Å². The lowest BCUT2D eigenvalue weighted by Gasteiger charge is -2.10. The summed E-state index contributed by atoms with van der Waals surface area (Å²) in [5, 5.41) is 2.16. The molecule has 2 heteroatoms. The Kier molecular flexibility index (Phi) is 5.45. The van der Waals surface area contributed by atoms with Crippen LogP contribution in [0.2, 0.25) is 0 Å². The van der Waals surface area contributed by atoms with E-state index in [2.05, 4.69) is 64.6 Å². The third-order valence-corrected chi connectivity index (χ3v) is 4.78. The first-order valence-corrected chi connectivity index (χ1v) is 8.25. The second kappa shape index (κ2) is 7.10. The van der Waals surface area contributed by atoms with Crippen LogP contribution in [0.25, 0.3) is 0 Å². The number of hydrogen-bond donors (Lipinski definition) is 0. The molecular weight excluding hydrogens is 304 g/mol. The van der Waals surface area contributed by atoms with Crippen LogP contribution in [0.1, 0.15) is 28.8 Å². The van der Waals surface area contributed by atoms with Crippen LogP contribution >= 0.6 is 27.3 Å². The highest BCUT2D eigenvalue weighted by atomic mass is 79.9. The Balaban J connectivity index is 1.73. The average Bonchev–Trinajstić information content (AvgIpc) is 2.82. The highest BCUT2D eigenvalue weighted by molar-refractivity contribution is 9.09. The number of hydrogen-bond acceptors (Lipinski definition) is 1. The van der Waals surface area contributed by atoms with Crippen molar-refractivity contribution in [3.05, 3.63) is 57.8 Å². The average molecular weight is 323 g/mol. The van der Waals surface area contributed by atoms with Crippen LogP contribution in [0, 0.1) is 6.92 Å². The van der Waals surface area contributed by atoms with E-state index in [0.717, 1.165) is 6.42 Å². The molecule has 0 saturated carbocycles. The maximum absolute atomic E-state index is 3.81. The molecule has 0 aliphatic carbocycles. The standard InChI is InChI=1S/C16H19BrS/c1-13-5-2-6-14(11-13)12-15(17)7-3-8-16-9-4-10-18-16/h2,4-6,9-11,15H,3,7-8,12H2,1H3. The molecule has 96 valence electrons. The number of aryl methyl sites for hydroxylation is 2. The van der Waals surface area contributed by atoms with Gasteiger partial charge >= 0.3 is 0 Å². The molecule has 0 radical (unpaired) electrons. The van der Waals surface area contributed by atoms with Gasteiger partial charge in [-0.15, -0.1) is 11.3 Å². The Morgan fingerprint density at radius 1 is 1.22 bits per heavy atom. The van der Waals surface area contributed by atoms with Crippen LogP contribution in [0.3, 0.4) is 0 Å². The molecule has 18 heavy (non-hydrogen) atoms. The third-order valence-electron chi connectivity index (χ3n) is 3.06. The van der Waals surface area contributed by atoms with Gasteiger partial charge in [-0.2, -0.15) is 0 Å². The maximum Gasteiger partial charge on any atom is 0.0186 e. The summed E-state index contributed by atoms with van der Waals surface area (Å²) in [4.78, 5) is 2.10. The predicted molar refractivity (Wildman–Crippen MR) is 84.9 cm³/mol. The van der Waals surface area contributed by atoms with Gasteiger partial charge in [-0.05, 0) is 49.6 Å². The van der Waals surface area contributed by atoms with Crippen molar-refractivity contribution in [2.45, 2.75) is 37.4 Å². The zero-order valence-electron chi connectivity index (χ0n) is 10.7. The number of benzene rings is 1. The minimum absolute atomic E-state index is 0.597. The van der Waals surface area contributed by atoms with Crippen LogP contribution in [0.4, 0.5) is 0 Å². The van der Waals surface area contributed by atoms with Gasteiger partial charge in [0.05, 0.1) is 0 Å². The van der Waals surface area contributed by atoms with Crippen molar-refractivity contribution in [2.75, 3.05) is 0 Å². The fourth-order valence-corrected chi connectivity index (χ4v) is 3.60. The normalized spacial score (nSPS) is 12.6. The molecule has 1 unspecified atom stereocenters. The monoisotopic (exact) mass is 322 g/mol. The van der Waals surface area contributed by atoms with E-state index in [-0.39, 0.29) is 0 Å². The molecule has 0 N–H and O–H groups in total. The van der Waals surface area contributed by atoms with Gasteiger partial charge in [0.15, 0.2) is 0 Å². The lowest BCUT2D eigenvalue weighted by atomic mass is 10.0. The van der Waals surface area contributed by atoms with Crippen molar-refractivity contribution in [1.82, 2.24) is 0 Å². The predicted octanol–water partition coefficient (Wildman–Crippen LogP) is 5.39. The van der Waals surface area contributed by atoms with Crippen LogP contribution in [-0.2, 0) is 12.8 Å². The van der Waals surface area contributed by atoms with Gasteiger partial charge in [0, 0.05) is 9.70 Å². The highest BCUT2D eigenvalue weighted by Gasteiger charge is 2.06. The molecule has 2 rings (SSSR count). The van der Waals surface area contributed by atoms with Gasteiger partial charge < -0.3 is 0 Å². The quantitative estimate of drug-likeness (QED) is 0.626. The minimum Gasteiger partial charge on any atom is -0.149 e. The van der Waals surface area contributed by atoms with E-state index >= 15 is 0 Å². The molecule has 0 nitrogen and oxygen atoms in total. The lowest BCUT2D eigenvalue weighted by molar-refractivity contribution is 0.705. The summed E-state index contributed by atoms with van der Waals surface area (Å²) in [7, 11) is 0. The second-order valence-corrected chi connectivity index (χ2v) is 7.09. The Bertz CT molecular complexity index is 462. The van der Waals surface area contributed by atoms with Crippen molar-refractivity contribution < 1.29 is 0 Å². The number of alkyl halides is 1. The first-order valence-electron chi connectivity index (χ1n) is 6.46. The largest absolute Gasteiger partial charge is 0.149 e. The van der Waals surface area contributed by atoms with Crippen molar-refractivity contribution in [2.24, 2.45) is 0 Å². The molecule has 1 aromatic carbocycles. The molecule has 0 spiro atoms. The van der Waals surface area contributed by atoms with E-state index in [4.69, 9.17) is 0 Å².